The molecular weight excluding hydrogens is 615 g/mol. The van der Waals surface area contributed by atoms with Crippen molar-refractivity contribution < 1.29 is 0 Å². The molecule has 0 aliphatic heterocycles. The smallest absolute Gasteiger partial charge is 0.0546 e. The third-order valence-electron chi connectivity index (χ3n) is 10.4. The van der Waals surface area contributed by atoms with Gasteiger partial charge in [0.2, 0.25) is 0 Å². The molecule has 1 heteroatoms. The molecule has 10 aromatic carbocycles. The minimum atomic E-state index is 1.11. The largest absolute Gasteiger partial charge is 0.310 e. The standard InChI is InChI=1S/C50H33N/c1-2-13-34(14-3-1)38-18-10-20-41(31-38)51(48-33-40-16-5-6-22-43(40)46-24-8-9-25-47(46)48)42-21-11-19-39(32-42)45-26-12-17-36-29-30-37-28-27-35-15-4-7-23-44(35)50(37)49(36)45/h1-33H. The Kier molecular flexibility index (Phi) is 6.89. The molecule has 1 nitrogen and oxygen atoms in total. The van der Waals surface area contributed by atoms with Crippen LogP contribution in [0.5, 0.6) is 0 Å². The number of fused-ring (bicyclic) bond motifs is 8. The zero-order valence-corrected chi connectivity index (χ0v) is 28.0. The van der Waals surface area contributed by atoms with Gasteiger partial charge < -0.3 is 4.90 Å². The molecule has 0 fully saturated rings. The molecule has 0 aliphatic rings. The van der Waals surface area contributed by atoms with E-state index in [2.05, 4.69) is 205 Å². The van der Waals surface area contributed by atoms with Gasteiger partial charge in [0, 0.05) is 16.8 Å². The Morgan fingerprint density at radius 1 is 0.275 bits per heavy atom. The number of hydrogen-bond acceptors (Lipinski definition) is 1. The fourth-order valence-electron chi connectivity index (χ4n) is 8.03. The van der Waals surface area contributed by atoms with Crippen LogP contribution in [0.1, 0.15) is 0 Å². The van der Waals surface area contributed by atoms with E-state index in [1.807, 2.05) is 0 Å². The van der Waals surface area contributed by atoms with Gasteiger partial charge in [-0.1, -0.05) is 170 Å². The van der Waals surface area contributed by atoms with Gasteiger partial charge in [-0.3, -0.25) is 0 Å². The van der Waals surface area contributed by atoms with Crippen molar-refractivity contribution in [1.82, 2.24) is 0 Å². The van der Waals surface area contributed by atoms with Crippen molar-refractivity contribution in [2.45, 2.75) is 0 Å². The first-order valence-corrected chi connectivity index (χ1v) is 17.6. The Hall–Kier alpha value is -6.70. The van der Waals surface area contributed by atoms with Gasteiger partial charge in [0.25, 0.3) is 0 Å². The molecule has 51 heavy (non-hydrogen) atoms. The Balaban J connectivity index is 1.25. The van der Waals surface area contributed by atoms with Gasteiger partial charge in [0.15, 0.2) is 0 Å². The molecular formula is C50H33N. The summed E-state index contributed by atoms with van der Waals surface area (Å²) in [5.41, 5.74) is 8.19. The molecule has 10 rings (SSSR count). The van der Waals surface area contributed by atoms with Gasteiger partial charge in [-0.05, 0) is 101 Å². The van der Waals surface area contributed by atoms with Crippen molar-refractivity contribution >= 4 is 70.9 Å². The van der Waals surface area contributed by atoms with E-state index in [9.17, 15) is 0 Å². The molecule has 0 saturated carbocycles. The number of benzene rings is 10. The van der Waals surface area contributed by atoms with E-state index >= 15 is 0 Å². The lowest BCUT2D eigenvalue weighted by atomic mass is 9.91. The molecule has 0 aliphatic carbocycles. The zero-order chi connectivity index (χ0) is 33.7. The maximum Gasteiger partial charge on any atom is 0.0546 e. The summed E-state index contributed by atoms with van der Waals surface area (Å²) < 4.78 is 0. The second-order valence-corrected chi connectivity index (χ2v) is 13.3. The average molecular weight is 648 g/mol. The molecule has 0 radical (unpaired) electrons. The summed E-state index contributed by atoms with van der Waals surface area (Å²) in [5.74, 6) is 0. The highest BCUT2D eigenvalue weighted by atomic mass is 15.1. The summed E-state index contributed by atoms with van der Waals surface area (Å²) in [6.45, 7) is 0. The number of nitrogens with zero attached hydrogens (tertiary/aromatic N) is 1. The summed E-state index contributed by atoms with van der Waals surface area (Å²) in [6, 6.07) is 73.1. The van der Waals surface area contributed by atoms with Crippen LogP contribution in [-0.4, -0.2) is 0 Å². The van der Waals surface area contributed by atoms with Crippen molar-refractivity contribution in [3.05, 3.63) is 200 Å². The third kappa shape index (κ3) is 4.94. The van der Waals surface area contributed by atoms with Crippen molar-refractivity contribution in [2.24, 2.45) is 0 Å². The lowest BCUT2D eigenvalue weighted by molar-refractivity contribution is 1.30. The maximum atomic E-state index is 2.45. The van der Waals surface area contributed by atoms with Crippen LogP contribution in [-0.2, 0) is 0 Å². The zero-order valence-electron chi connectivity index (χ0n) is 28.0. The van der Waals surface area contributed by atoms with Crippen LogP contribution < -0.4 is 4.90 Å². The quantitative estimate of drug-likeness (QED) is 0.168. The molecule has 0 saturated heterocycles. The molecule has 0 heterocycles. The highest BCUT2D eigenvalue weighted by molar-refractivity contribution is 6.24. The van der Waals surface area contributed by atoms with E-state index in [0.29, 0.717) is 0 Å². The van der Waals surface area contributed by atoms with Crippen molar-refractivity contribution in [2.75, 3.05) is 4.90 Å². The second-order valence-electron chi connectivity index (χ2n) is 13.3. The Morgan fingerprint density at radius 3 is 1.59 bits per heavy atom. The van der Waals surface area contributed by atoms with E-state index in [-0.39, 0.29) is 0 Å². The molecule has 0 spiro atoms. The average Bonchev–Trinajstić information content (AvgIpc) is 3.21. The van der Waals surface area contributed by atoms with Crippen molar-refractivity contribution in [3.63, 3.8) is 0 Å². The molecule has 0 amide bonds. The van der Waals surface area contributed by atoms with E-state index in [1.165, 1.54) is 76.1 Å². The van der Waals surface area contributed by atoms with Gasteiger partial charge in [-0.2, -0.15) is 0 Å². The van der Waals surface area contributed by atoms with E-state index in [0.717, 1.165) is 17.1 Å². The highest BCUT2D eigenvalue weighted by Crippen LogP contribution is 2.45. The van der Waals surface area contributed by atoms with Crippen LogP contribution >= 0.6 is 0 Å². The normalized spacial score (nSPS) is 11.5. The van der Waals surface area contributed by atoms with Crippen molar-refractivity contribution in [1.29, 1.82) is 0 Å². The predicted octanol–water partition coefficient (Wildman–Crippen LogP) is 14.3. The topological polar surface area (TPSA) is 3.24 Å². The van der Waals surface area contributed by atoms with Crippen LogP contribution in [0.25, 0.3) is 76.1 Å². The maximum absolute atomic E-state index is 2.45. The number of hydrogen-bond donors (Lipinski definition) is 0. The lowest BCUT2D eigenvalue weighted by Gasteiger charge is -2.28. The Morgan fingerprint density at radius 2 is 0.804 bits per heavy atom. The minimum Gasteiger partial charge on any atom is -0.310 e. The summed E-state index contributed by atoms with van der Waals surface area (Å²) in [4.78, 5) is 2.45. The Labute approximate surface area is 297 Å². The summed E-state index contributed by atoms with van der Waals surface area (Å²) in [6.07, 6.45) is 0. The summed E-state index contributed by atoms with van der Waals surface area (Å²) in [5, 5.41) is 12.6. The first-order chi connectivity index (χ1) is 25.3. The summed E-state index contributed by atoms with van der Waals surface area (Å²) in [7, 11) is 0. The molecule has 0 N–H and O–H groups in total. The number of rotatable bonds is 5. The predicted molar refractivity (Wildman–Crippen MR) is 220 cm³/mol. The van der Waals surface area contributed by atoms with Crippen LogP contribution in [0.4, 0.5) is 17.1 Å². The third-order valence-corrected chi connectivity index (χ3v) is 10.4. The molecule has 0 unspecified atom stereocenters. The van der Waals surface area contributed by atoms with Gasteiger partial charge in [-0.25, -0.2) is 0 Å². The second kappa shape index (κ2) is 12.0. The van der Waals surface area contributed by atoms with Crippen LogP contribution in [0.2, 0.25) is 0 Å². The van der Waals surface area contributed by atoms with E-state index < -0.39 is 0 Å². The fraction of sp³-hybridized carbons (Fsp3) is 0. The van der Waals surface area contributed by atoms with Gasteiger partial charge in [-0.15, -0.1) is 0 Å². The molecule has 0 aromatic heterocycles. The van der Waals surface area contributed by atoms with Gasteiger partial charge in [0.1, 0.15) is 0 Å². The lowest BCUT2D eigenvalue weighted by Crippen LogP contribution is -2.11. The first-order valence-electron chi connectivity index (χ1n) is 17.6. The fourth-order valence-corrected chi connectivity index (χ4v) is 8.03. The van der Waals surface area contributed by atoms with Gasteiger partial charge in [0.05, 0.1) is 5.69 Å². The number of anilines is 3. The summed E-state index contributed by atoms with van der Waals surface area (Å²) >= 11 is 0. The first kappa shape index (κ1) is 29.2. The van der Waals surface area contributed by atoms with Crippen LogP contribution in [0, 0.1) is 0 Å². The molecule has 0 bridgehead atoms. The molecule has 10 aromatic rings. The molecule has 238 valence electrons. The van der Waals surface area contributed by atoms with Gasteiger partial charge >= 0.3 is 0 Å². The molecule has 0 atom stereocenters. The highest BCUT2D eigenvalue weighted by Gasteiger charge is 2.19. The van der Waals surface area contributed by atoms with E-state index in [1.54, 1.807) is 0 Å². The van der Waals surface area contributed by atoms with E-state index in [4.69, 9.17) is 0 Å². The van der Waals surface area contributed by atoms with Crippen LogP contribution in [0.15, 0.2) is 200 Å². The monoisotopic (exact) mass is 647 g/mol. The Bertz CT molecular complexity index is 2920. The minimum absolute atomic E-state index is 1.11. The van der Waals surface area contributed by atoms with Crippen LogP contribution in [0.3, 0.4) is 0 Å². The van der Waals surface area contributed by atoms with Crippen molar-refractivity contribution in [3.8, 4) is 22.3 Å². The SMILES string of the molecule is c1ccc(-c2cccc(N(c3cccc(-c4cccc5ccc6ccc7ccccc7c6c45)c3)c3cc4ccccc4c4ccccc34)c2)cc1.